The number of alkyl carbamates (subject to hydrolysis) is 1. The van der Waals surface area contributed by atoms with Crippen LogP contribution in [-0.4, -0.2) is 23.8 Å². The largest absolute Gasteiger partial charge is 0.444 e. The van der Waals surface area contributed by atoms with Crippen molar-refractivity contribution < 1.29 is 13.9 Å². The van der Waals surface area contributed by atoms with Crippen molar-refractivity contribution in [2.45, 2.75) is 64.1 Å². The summed E-state index contributed by atoms with van der Waals surface area (Å²) in [6.45, 7) is 5.54. The Morgan fingerprint density at radius 1 is 1.30 bits per heavy atom. The fraction of sp³-hybridized carbons (Fsp3) is 0.588. The molecule has 23 heavy (non-hydrogen) atoms. The van der Waals surface area contributed by atoms with Crippen molar-refractivity contribution >= 4 is 27.7 Å². The molecule has 0 radical (unpaired) electrons. The molecule has 6 heteroatoms. The van der Waals surface area contributed by atoms with Crippen molar-refractivity contribution in [3.63, 3.8) is 0 Å². The average Bonchev–Trinajstić information content (AvgIpc) is 2.41. The lowest BCUT2D eigenvalue weighted by Gasteiger charge is -2.31. The van der Waals surface area contributed by atoms with Gasteiger partial charge in [-0.25, -0.2) is 9.18 Å². The Morgan fingerprint density at radius 3 is 2.65 bits per heavy atom. The third-order valence-electron chi connectivity index (χ3n) is 3.69. The summed E-state index contributed by atoms with van der Waals surface area (Å²) in [5.41, 5.74) is 0.263. The van der Waals surface area contributed by atoms with Crippen molar-refractivity contribution in [2.75, 3.05) is 5.32 Å². The highest BCUT2D eigenvalue weighted by atomic mass is 79.9. The molecule has 1 aliphatic carbocycles. The second-order valence-electron chi connectivity index (χ2n) is 6.98. The van der Waals surface area contributed by atoms with E-state index in [4.69, 9.17) is 4.74 Å². The quantitative estimate of drug-likeness (QED) is 0.781. The van der Waals surface area contributed by atoms with Gasteiger partial charge in [0.05, 0.1) is 4.47 Å². The lowest BCUT2D eigenvalue weighted by atomic mass is 9.91. The lowest BCUT2D eigenvalue weighted by Crippen LogP contribution is -2.43. The molecule has 2 atom stereocenters. The van der Waals surface area contributed by atoms with Gasteiger partial charge in [-0.05, 0) is 80.6 Å². The van der Waals surface area contributed by atoms with E-state index < -0.39 is 5.60 Å². The van der Waals surface area contributed by atoms with Crippen LogP contribution in [0.1, 0.15) is 46.5 Å². The van der Waals surface area contributed by atoms with Gasteiger partial charge < -0.3 is 15.4 Å². The molecule has 0 aliphatic heterocycles. The monoisotopic (exact) mass is 386 g/mol. The topological polar surface area (TPSA) is 50.4 Å². The van der Waals surface area contributed by atoms with Gasteiger partial charge in [0.15, 0.2) is 0 Å². The van der Waals surface area contributed by atoms with Gasteiger partial charge in [0.1, 0.15) is 11.4 Å². The van der Waals surface area contributed by atoms with Crippen LogP contribution in [0.15, 0.2) is 22.7 Å². The molecule has 2 N–H and O–H groups in total. The maximum absolute atomic E-state index is 13.6. The first-order chi connectivity index (χ1) is 10.7. The van der Waals surface area contributed by atoms with Gasteiger partial charge in [-0.15, -0.1) is 0 Å². The lowest BCUT2D eigenvalue weighted by molar-refractivity contribution is 0.0492. The number of halogens is 2. The van der Waals surface area contributed by atoms with Gasteiger partial charge in [-0.2, -0.15) is 0 Å². The number of ether oxygens (including phenoxy) is 1. The first kappa shape index (κ1) is 18.0. The van der Waals surface area contributed by atoms with Crippen LogP contribution in [0.25, 0.3) is 0 Å². The molecule has 1 fully saturated rings. The molecule has 1 aromatic carbocycles. The van der Waals surface area contributed by atoms with Crippen LogP contribution >= 0.6 is 15.9 Å². The third-order valence-corrected chi connectivity index (χ3v) is 4.33. The molecule has 0 aromatic heterocycles. The number of rotatable bonds is 3. The molecule has 1 saturated carbocycles. The zero-order chi connectivity index (χ0) is 17.0. The average molecular weight is 387 g/mol. The van der Waals surface area contributed by atoms with E-state index in [1.807, 2.05) is 26.8 Å². The summed E-state index contributed by atoms with van der Waals surface area (Å²) in [5, 5.41) is 6.28. The van der Waals surface area contributed by atoms with Crippen LogP contribution in [0.4, 0.5) is 14.9 Å². The van der Waals surface area contributed by atoms with E-state index in [2.05, 4.69) is 26.6 Å². The highest BCUT2D eigenvalue weighted by Crippen LogP contribution is 2.25. The molecule has 0 heterocycles. The van der Waals surface area contributed by atoms with Crippen molar-refractivity contribution in [1.82, 2.24) is 5.32 Å². The summed E-state index contributed by atoms with van der Waals surface area (Å²) < 4.78 is 19.3. The van der Waals surface area contributed by atoms with Gasteiger partial charge in [0.2, 0.25) is 0 Å². The highest BCUT2D eigenvalue weighted by Gasteiger charge is 2.25. The van der Waals surface area contributed by atoms with Crippen molar-refractivity contribution in [1.29, 1.82) is 0 Å². The molecule has 0 bridgehead atoms. The third kappa shape index (κ3) is 6.01. The molecule has 0 spiro atoms. The number of carbonyl (C=O) groups is 1. The van der Waals surface area contributed by atoms with Crippen LogP contribution < -0.4 is 10.6 Å². The Labute approximate surface area is 145 Å². The fourth-order valence-corrected chi connectivity index (χ4v) is 2.99. The smallest absolute Gasteiger partial charge is 0.407 e. The van der Waals surface area contributed by atoms with Gasteiger partial charge >= 0.3 is 6.09 Å². The molecule has 1 amide bonds. The van der Waals surface area contributed by atoms with Crippen LogP contribution in [0.2, 0.25) is 0 Å². The first-order valence-electron chi connectivity index (χ1n) is 7.94. The summed E-state index contributed by atoms with van der Waals surface area (Å²) in [6, 6.07) is 5.31. The number of hydrogen-bond acceptors (Lipinski definition) is 3. The summed E-state index contributed by atoms with van der Waals surface area (Å²) in [6.07, 6.45) is 3.38. The second kappa shape index (κ2) is 7.51. The van der Waals surface area contributed by atoms with E-state index in [1.54, 1.807) is 6.07 Å². The highest BCUT2D eigenvalue weighted by molar-refractivity contribution is 9.10. The fourth-order valence-electron chi connectivity index (χ4n) is 2.75. The Kier molecular flexibility index (Phi) is 5.89. The minimum absolute atomic E-state index is 0.0800. The summed E-state index contributed by atoms with van der Waals surface area (Å²) in [5.74, 6) is -0.283. The zero-order valence-corrected chi connectivity index (χ0v) is 15.4. The SMILES string of the molecule is CC(C)(C)OC(=O)NC1CCCC(Nc2ccc(Br)c(F)c2)C1. The van der Waals surface area contributed by atoms with Crippen LogP contribution in [-0.2, 0) is 4.74 Å². The summed E-state index contributed by atoms with van der Waals surface area (Å²) in [4.78, 5) is 11.9. The normalized spacial score (nSPS) is 21.6. The van der Waals surface area contributed by atoms with Crippen LogP contribution in [0, 0.1) is 5.82 Å². The van der Waals surface area contributed by atoms with E-state index >= 15 is 0 Å². The van der Waals surface area contributed by atoms with E-state index in [9.17, 15) is 9.18 Å². The van der Waals surface area contributed by atoms with E-state index in [0.717, 1.165) is 31.4 Å². The van der Waals surface area contributed by atoms with E-state index in [0.29, 0.717) is 4.47 Å². The summed E-state index contributed by atoms with van der Waals surface area (Å²) in [7, 11) is 0. The van der Waals surface area contributed by atoms with Gasteiger partial charge in [0, 0.05) is 17.8 Å². The maximum atomic E-state index is 13.6. The van der Waals surface area contributed by atoms with Crippen LogP contribution in [0.5, 0.6) is 0 Å². The molecular weight excluding hydrogens is 363 g/mol. The minimum atomic E-state index is -0.495. The number of benzene rings is 1. The molecule has 4 nitrogen and oxygen atoms in total. The molecule has 1 aliphatic rings. The molecule has 2 unspecified atom stereocenters. The predicted octanol–water partition coefficient (Wildman–Crippen LogP) is 4.84. The second-order valence-corrected chi connectivity index (χ2v) is 7.83. The molecule has 128 valence electrons. The van der Waals surface area contributed by atoms with Crippen molar-refractivity contribution in [3.05, 3.63) is 28.5 Å². The Morgan fingerprint density at radius 2 is 2.00 bits per heavy atom. The molecule has 2 rings (SSSR count). The van der Waals surface area contributed by atoms with Crippen molar-refractivity contribution in [3.8, 4) is 0 Å². The predicted molar refractivity (Wildman–Crippen MR) is 93.1 cm³/mol. The Hall–Kier alpha value is -1.30. The number of carbonyl (C=O) groups excluding carboxylic acids is 1. The maximum Gasteiger partial charge on any atom is 0.407 e. The number of nitrogens with one attached hydrogen (secondary N) is 2. The first-order valence-corrected chi connectivity index (χ1v) is 8.73. The Balaban J connectivity index is 1.88. The van der Waals surface area contributed by atoms with Gasteiger partial charge in [-0.3, -0.25) is 0 Å². The summed E-state index contributed by atoms with van der Waals surface area (Å²) >= 11 is 3.15. The zero-order valence-electron chi connectivity index (χ0n) is 13.8. The molecular formula is C17H24BrFN2O2. The molecule has 0 saturated heterocycles. The molecule has 1 aromatic rings. The van der Waals surface area contributed by atoms with Crippen LogP contribution in [0.3, 0.4) is 0 Å². The minimum Gasteiger partial charge on any atom is -0.444 e. The number of amides is 1. The standard InChI is InChI=1S/C17H24BrFN2O2/c1-17(2,3)23-16(22)21-12-6-4-5-11(9-12)20-13-7-8-14(18)15(19)10-13/h7-8,10-12,20H,4-6,9H2,1-3H3,(H,21,22). The van der Waals surface area contributed by atoms with Crippen molar-refractivity contribution in [2.24, 2.45) is 0 Å². The Bertz CT molecular complexity index is 560. The number of hydrogen-bond donors (Lipinski definition) is 2. The van der Waals surface area contributed by atoms with Gasteiger partial charge in [0.25, 0.3) is 0 Å². The van der Waals surface area contributed by atoms with E-state index in [-0.39, 0.29) is 24.0 Å². The van der Waals surface area contributed by atoms with E-state index in [1.165, 1.54) is 6.07 Å². The van der Waals surface area contributed by atoms with Gasteiger partial charge in [-0.1, -0.05) is 0 Å². The number of anilines is 1.